The van der Waals surface area contributed by atoms with Gasteiger partial charge in [0.1, 0.15) is 0 Å². The molecule has 0 fully saturated rings. The fourth-order valence-electron chi connectivity index (χ4n) is 1.50. The molecule has 0 saturated carbocycles. The van der Waals surface area contributed by atoms with Gasteiger partial charge in [-0.3, -0.25) is 4.99 Å². The molecule has 0 amide bonds. The minimum atomic E-state index is 1.13. The molecule has 2 aliphatic rings. The van der Waals surface area contributed by atoms with Crippen LogP contribution in [0.2, 0.25) is 0 Å². The van der Waals surface area contributed by atoms with Gasteiger partial charge in [-0.2, -0.15) is 0 Å². The van der Waals surface area contributed by atoms with Crippen molar-refractivity contribution in [3.05, 3.63) is 35.6 Å². The monoisotopic (exact) mass is 159 g/mol. The highest BCUT2D eigenvalue weighted by Gasteiger charge is 2.13. The van der Waals surface area contributed by atoms with Crippen molar-refractivity contribution < 1.29 is 0 Å². The van der Waals surface area contributed by atoms with Crippen molar-refractivity contribution in [1.82, 2.24) is 0 Å². The lowest BCUT2D eigenvalue weighted by atomic mass is 10.1. The number of fused-ring (bicyclic) bond motifs is 1. The lowest BCUT2D eigenvalue weighted by Crippen LogP contribution is -1.89. The summed E-state index contributed by atoms with van der Waals surface area (Å²) in [5.41, 5.74) is 3.70. The van der Waals surface area contributed by atoms with Gasteiger partial charge in [0.2, 0.25) is 0 Å². The first-order valence-corrected chi connectivity index (χ1v) is 4.58. The maximum Gasteiger partial charge on any atom is 0.0705 e. The van der Waals surface area contributed by atoms with E-state index >= 15 is 0 Å². The van der Waals surface area contributed by atoms with Crippen molar-refractivity contribution in [1.29, 1.82) is 0 Å². The average Bonchev–Trinajstić information content (AvgIpc) is 2.58. The van der Waals surface area contributed by atoms with Crippen LogP contribution in [0.3, 0.4) is 0 Å². The minimum absolute atomic E-state index is 1.13. The first-order chi connectivity index (χ1) is 5.90. The van der Waals surface area contributed by atoms with E-state index < -0.39 is 0 Å². The van der Waals surface area contributed by atoms with Gasteiger partial charge in [0.05, 0.1) is 5.70 Å². The zero-order valence-corrected chi connectivity index (χ0v) is 7.38. The van der Waals surface area contributed by atoms with Crippen LogP contribution in [0.25, 0.3) is 0 Å². The van der Waals surface area contributed by atoms with Gasteiger partial charge in [-0.25, -0.2) is 0 Å². The summed E-state index contributed by atoms with van der Waals surface area (Å²) in [4.78, 5) is 4.51. The predicted molar refractivity (Wildman–Crippen MR) is 52.3 cm³/mol. The Bertz CT molecular complexity index is 303. The molecular formula is C11H13N. The molecule has 0 saturated heterocycles. The summed E-state index contributed by atoms with van der Waals surface area (Å²) < 4.78 is 0. The number of aliphatic imine (C=N–C) groups is 1. The highest BCUT2D eigenvalue weighted by molar-refractivity contribution is 6.00. The molecule has 1 heterocycles. The Kier molecular flexibility index (Phi) is 1.94. The van der Waals surface area contributed by atoms with E-state index in [0.717, 1.165) is 12.1 Å². The third-order valence-electron chi connectivity index (χ3n) is 2.20. The van der Waals surface area contributed by atoms with Gasteiger partial charge >= 0.3 is 0 Å². The van der Waals surface area contributed by atoms with E-state index in [1.165, 1.54) is 24.1 Å². The van der Waals surface area contributed by atoms with E-state index in [1.807, 2.05) is 0 Å². The molecule has 1 heteroatoms. The van der Waals surface area contributed by atoms with Gasteiger partial charge < -0.3 is 0 Å². The number of nitrogens with zero attached hydrogens (tertiary/aromatic N) is 1. The lowest BCUT2D eigenvalue weighted by Gasteiger charge is -1.93. The second-order valence-corrected chi connectivity index (χ2v) is 3.22. The Morgan fingerprint density at radius 3 is 3.08 bits per heavy atom. The zero-order chi connectivity index (χ0) is 8.39. The number of rotatable bonds is 3. The van der Waals surface area contributed by atoms with E-state index in [4.69, 9.17) is 0 Å². The molecule has 2 rings (SSSR count). The summed E-state index contributed by atoms with van der Waals surface area (Å²) in [5.74, 6) is 0. The molecule has 0 aromatic carbocycles. The summed E-state index contributed by atoms with van der Waals surface area (Å²) >= 11 is 0. The first kappa shape index (κ1) is 7.53. The predicted octanol–water partition coefficient (Wildman–Crippen LogP) is 3.01. The molecule has 0 radical (unpaired) electrons. The van der Waals surface area contributed by atoms with Crippen LogP contribution in [0.5, 0.6) is 0 Å². The van der Waals surface area contributed by atoms with Crippen molar-refractivity contribution >= 4 is 5.71 Å². The molecule has 1 aliphatic carbocycles. The first-order valence-electron chi connectivity index (χ1n) is 4.58. The molecule has 0 unspecified atom stereocenters. The number of unbranched alkanes of at least 4 members (excludes halogenated alkanes) is 1. The van der Waals surface area contributed by atoms with Crippen LogP contribution in [0, 0.1) is 0 Å². The van der Waals surface area contributed by atoms with Crippen molar-refractivity contribution in [3.8, 4) is 0 Å². The van der Waals surface area contributed by atoms with Gasteiger partial charge in [0.15, 0.2) is 0 Å². The fourth-order valence-corrected chi connectivity index (χ4v) is 1.50. The molecule has 0 aromatic heterocycles. The summed E-state index contributed by atoms with van der Waals surface area (Å²) in [6.45, 7) is 2.21. The molecule has 62 valence electrons. The summed E-state index contributed by atoms with van der Waals surface area (Å²) in [7, 11) is 0. The van der Waals surface area contributed by atoms with Crippen molar-refractivity contribution in [2.24, 2.45) is 4.99 Å². The molecule has 0 aromatic rings. The normalized spacial score (nSPS) is 18.9. The third kappa shape index (κ3) is 1.27. The van der Waals surface area contributed by atoms with Crippen LogP contribution in [0.4, 0.5) is 0 Å². The van der Waals surface area contributed by atoms with E-state index in [-0.39, 0.29) is 0 Å². The second kappa shape index (κ2) is 3.10. The molecule has 1 nitrogen and oxygen atoms in total. The quantitative estimate of drug-likeness (QED) is 0.600. The summed E-state index contributed by atoms with van der Waals surface area (Å²) in [6.07, 6.45) is 12.1. The molecule has 0 spiro atoms. The highest BCUT2D eigenvalue weighted by atomic mass is 14.8. The number of hydrogen-bond acceptors (Lipinski definition) is 1. The van der Waals surface area contributed by atoms with Gasteiger partial charge in [0.25, 0.3) is 0 Å². The summed E-state index contributed by atoms with van der Waals surface area (Å²) in [6, 6.07) is 0. The smallest absolute Gasteiger partial charge is 0.0705 e. The SMILES string of the molecule is CCCCC1=NC2=CC=CC2=C1. The van der Waals surface area contributed by atoms with Crippen molar-refractivity contribution in [3.63, 3.8) is 0 Å². The molecule has 0 N–H and O–H groups in total. The van der Waals surface area contributed by atoms with E-state index in [2.05, 4.69) is 36.2 Å². The van der Waals surface area contributed by atoms with Crippen LogP contribution >= 0.6 is 0 Å². The molecule has 0 bridgehead atoms. The van der Waals surface area contributed by atoms with Crippen LogP contribution < -0.4 is 0 Å². The van der Waals surface area contributed by atoms with Gasteiger partial charge in [-0.15, -0.1) is 0 Å². The largest absolute Gasteiger partial charge is 0.253 e. The third-order valence-corrected chi connectivity index (χ3v) is 2.20. The van der Waals surface area contributed by atoms with Crippen LogP contribution in [0.1, 0.15) is 26.2 Å². The van der Waals surface area contributed by atoms with Crippen LogP contribution in [0.15, 0.2) is 40.6 Å². The van der Waals surface area contributed by atoms with Crippen LogP contribution in [-0.2, 0) is 0 Å². The van der Waals surface area contributed by atoms with E-state index in [9.17, 15) is 0 Å². The second-order valence-electron chi connectivity index (χ2n) is 3.22. The van der Waals surface area contributed by atoms with Gasteiger partial charge in [-0.05, 0) is 25.0 Å². The molecule has 0 atom stereocenters. The molecular weight excluding hydrogens is 146 g/mol. The summed E-state index contributed by atoms with van der Waals surface area (Å²) in [5, 5.41) is 0. The maximum atomic E-state index is 4.51. The van der Waals surface area contributed by atoms with Gasteiger partial charge in [0, 0.05) is 11.3 Å². The highest BCUT2D eigenvalue weighted by Crippen LogP contribution is 2.26. The molecule has 12 heavy (non-hydrogen) atoms. The Morgan fingerprint density at radius 2 is 2.33 bits per heavy atom. The van der Waals surface area contributed by atoms with Crippen LogP contribution in [-0.4, -0.2) is 5.71 Å². The fraction of sp³-hybridized carbons (Fsp3) is 0.364. The lowest BCUT2D eigenvalue weighted by molar-refractivity contribution is 0.837. The zero-order valence-electron chi connectivity index (χ0n) is 7.38. The number of hydrogen-bond donors (Lipinski definition) is 0. The minimum Gasteiger partial charge on any atom is -0.253 e. The Morgan fingerprint density at radius 1 is 1.42 bits per heavy atom. The number of allylic oxidation sites excluding steroid dienone is 4. The van der Waals surface area contributed by atoms with Crippen molar-refractivity contribution in [2.75, 3.05) is 0 Å². The van der Waals surface area contributed by atoms with E-state index in [0.29, 0.717) is 0 Å². The maximum absolute atomic E-state index is 4.51. The Labute approximate surface area is 73.2 Å². The van der Waals surface area contributed by atoms with Crippen molar-refractivity contribution in [2.45, 2.75) is 26.2 Å². The topological polar surface area (TPSA) is 12.4 Å². The Balaban J connectivity index is 2.04. The Hall–Kier alpha value is -1.11. The molecule has 1 aliphatic heterocycles. The standard InChI is InChI=1S/C11H13N/c1-2-3-6-10-8-9-5-4-7-11(9)12-10/h4-5,7-8H,2-3,6H2,1H3. The van der Waals surface area contributed by atoms with E-state index in [1.54, 1.807) is 0 Å². The van der Waals surface area contributed by atoms with Gasteiger partial charge in [-0.1, -0.05) is 25.5 Å². The average molecular weight is 159 g/mol.